The van der Waals surface area contributed by atoms with Gasteiger partial charge in [-0.15, -0.1) is 0 Å². The summed E-state index contributed by atoms with van der Waals surface area (Å²) in [6, 6.07) is 14.5. The lowest BCUT2D eigenvalue weighted by Crippen LogP contribution is -2.15. The summed E-state index contributed by atoms with van der Waals surface area (Å²) in [5, 5.41) is 16.2. The monoisotopic (exact) mass is 508 g/mol. The number of hydrazone groups is 1. The van der Waals surface area contributed by atoms with Crippen molar-refractivity contribution in [1.29, 1.82) is 0 Å². The molecule has 172 valence electrons. The lowest BCUT2D eigenvalue weighted by atomic mass is 10.1. The topological polar surface area (TPSA) is 123 Å². The number of nitrogens with one attached hydrogen (secondary N) is 2. The van der Waals surface area contributed by atoms with Gasteiger partial charge in [-0.05, 0) is 55.0 Å². The molecule has 33 heavy (non-hydrogen) atoms. The van der Waals surface area contributed by atoms with Crippen molar-refractivity contribution in [2.75, 3.05) is 17.3 Å². The SMILES string of the molecule is COc1ccc(NS(=O)(=O)c2cc([N+](=O)[O-])ccc2N/N=C(/C)c2ccc(Cl)c(Cl)c2)cc1. The first-order valence-corrected chi connectivity index (χ1v) is 11.6. The third-order valence-electron chi connectivity index (χ3n) is 4.49. The highest BCUT2D eigenvalue weighted by Crippen LogP contribution is 2.29. The van der Waals surface area contributed by atoms with Gasteiger partial charge < -0.3 is 4.74 Å². The van der Waals surface area contributed by atoms with Crippen molar-refractivity contribution >= 4 is 56.0 Å². The molecule has 0 aromatic heterocycles. The van der Waals surface area contributed by atoms with Crippen LogP contribution >= 0.6 is 23.2 Å². The Morgan fingerprint density at radius 2 is 1.73 bits per heavy atom. The molecule has 0 aliphatic carbocycles. The predicted molar refractivity (Wildman–Crippen MR) is 129 cm³/mol. The second kappa shape index (κ2) is 10.1. The smallest absolute Gasteiger partial charge is 0.270 e. The highest BCUT2D eigenvalue weighted by atomic mass is 35.5. The van der Waals surface area contributed by atoms with Crippen LogP contribution in [0.15, 0.2) is 70.7 Å². The lowest BCUT2D eigenvalue weighted by Gasteiger charge is -2.13. The van der Waals surface area contributed by atoms with E-state index < -0.39 is 14.9 Å². The molecule has 12 heteroatoms. The van der Waals surface area contributed by atoms with E-state index in [9.17, 15) is 18.5 Å². The minimum absolute atomic E-state index is 0.0426. The number of anilines is 2. The Hall–Kier alpha value is -3.34. The molecule has 0 aliphatic heterocycles. The van der Waals surface area contributed by atoms with Crippen LogP contribution in [0.5, 0.6) is 5.75 Å². The van der Waals surface area contributed by atoms with E-state index in [-0.39, 0.29) is 22.0 Å². The van der Waals surface area contributed by atoms with Gasteiger partial charge in [0.25, 0.3) is 15.7 Å². The molecule has 0 saturated carbocycles. The molecular weight excluding hydrogens is 491 g/mol. The van der Waals surface area contributed by atoms with E-state index in [1.807, 2.05) is 0 Å². The van der Waals surface area contributed by atoms with Crippen LogP contribution in [0.4, 0.5) is 17.1 Å². The molecule has 0 saturated heterocycles. The fraction of sp³-hybridized carbons (Fsp3) is 0.0952. The molecule has 0 amide bonds. The number of nitro benzene ring substituents is 1. The number of hydrogen-bond acceptors (Lipinski definition) is 7. The molecule has 3 rings (SSSR count). The van der Waals surface area contributed by atoms with Gasteiger partial charge in [0, 0.05) is 17.8 Å². The third-order valence-corrected chi connectivity index (χ3v) is 6.65. The first kappa shape index (κ1) is 24.3. The van der Waals surface area contributed by atoms with E-state index in [1.165, 1.54) is 31.4 Å². The lowest BCUT2D eigenvalue weighted by molar-refractivity contribution is -0.385. The number of halogens is 2. The van der Waals surface area contributed by atoms with E-state index in [1.54, 1.807) is 37.3 Å². The van der Waals surface area contributed by atoms with Crippen molar-refractivity contribution in [2.45, 2.75) is 11.8 Å². The van der Waals surface area contributed by atoms with Crippen LogP contribution in [0.2, 0.25) is 10.0 Å². The van der Waals surface area contributed by atoms with Gasteiger partial charge >= 0.3 is 0 Å². The standard InChI is InChI=1S/C21H18Cl2N4O5S/c1-13(14-3-9-18(22)19(23)11-14)24-25-20-10-6-16(27(28)29)12-21(20)33(30,31)26-15-4-7-17(32-2)8-5-15/h3-12,25-26H,1-2H3/b24-13-. The summed E-state index contributed by atoms with van der Waals surface area (Å²) in [6.45, 7) is 1.68. The number of rotatable bonds is 8. The van der Waals surface area contributed by atoms with Crippen molar-refractivity contribution < 1.29 is 18.1 Å². The maximum Gasteiger partial charge on any atom is 0.270 e. The molecule has 0 unspecified atom stereocenters. The molecule has 0 fully saturated rings. The summed E-state index contributed by atoms with van der Waals surface area (Å²) in [4.78, 5) is 10.2. The Kier molecular flexibility index (Phi) is 7.42. The van der Waals surface area contributed by atoms with Gasteiger partial charge in [-0.25, -0.2) is 8.42 Å². The second-order valence-electron chi connectivity index (χ2n) is 6.71. The zero-order chi connectivity index (χ0) is 24.2. The van der Waals surface area contributed by atoms with Gasteiger partial charge in [0.15, 0.2) is 0 Å². The van der Waals surface area contributed by atoms with Crippen LogP contribution in [0.1, 0.15) is 12.5 Å². The minimum atomic E-state index is -4.21. The molecule has 0 radical (unpaired) electrons. The molecule has 0 heterocycles. The Bertz CT molecular complexity index is 1330. The molecule has 0 spiro atoms. The zero-order valence-corrected chi connectivity index (χ0v) is 19.7. The highest BCUT2D eigenvalue weighted by molar-refractivity contribution is 7.92. The average Bonchev–Trinajstić information content (AvgIpc) is 2.79. The number of nitro groups is 1. The van der Waals surface area contributed by atoms with Crippen LogP contribution in [0.3, 0.4) is 0 Å². The van der Waals surface area contributed by atoms with Crippen molar-refractivity contribution in [3.8, 4) is 5.75 Å². The van der Waals surface area contributed by atoms with E-state index in [0.717, 1.165) is 6.07 Å². The summed E-state index contributed by atoms with van der Waals surface area (Å²) in [7, 11) is -2.72. The molecule has 0 aliphatic rings. The second-order valence-corrected chi connectivity index (χ2v) is 9.17. The van der Waals surface area contributed by atoms with E-state index in [0.29, 0.717) is 27.1 Å². The fourth-order valence-electron chi connectivity index (χ4n) is 2.74. The molecule has 0 atom stereocenters. The number of non-ortho nitro benzene ring substituents is 1. The van der Waals surface area contributed by atoms with Crippen LogP contribution < -0.4 is 14.9 Å². The number of ether oxygens (including phenoxy) is 1. The number of methoxy groups -OCH3 is 1. The maximum absolute atomic E-state index is 13.1. The van der Waals surface area contributed by atoms with E-state index in [4.69, 9.17) is 27.9 Å². The normalized spacial score (nSPS) is 11.7. The summed E-state index contributed by atoms with van der Waals surface area (Å²) in [5.41, 5.74) is 3.72. The summed E-state index contributed by atoms with van der Waals surface area (Å²) in [5.74, 6) is 0.544. The largest absolute Gasteiger partial charge is 0.497 e. The van der Waals surface area contributed by atoms with Gasteiger partial charge in [-0.1, -0.05) is 29.3 Å². The number of nitrogens with zero attached hydrogens (tertiary/aromatic N) is 2. The summed E-state index contributed by atoms with van der Waals surface area (Å²) < 4.78 is 33.6. The van der Waals surface area contributed by atoms with Gasteiger partial charge in [0.05, 0.1) is 33.5 Å². The van der Waals surface area contributed by atoms with Crippen LogP contribution in [0.25, 0.3) is 0 Å². The number of sulfonamides is 1. The van der Waals surface area contributed by atoms with Crippen LogP contribution in [-0.4, -0.2) is 26.2 Å². The van der Waals surface area contributed by atoms with E-state index in [2.05, 4.69) is 15.2 Å². The molecule has 0 bridgehead atoms. The van der Waals surface area contributed by atoms with Crippen molar-refractivity contribution in [2.24, 2.45) is 5.10 Å². The average molecular weight is 509 g/mol. The quantitative estimate of drug-likeness (QED) is 0.233. The Labute approximate surface area is 200 Å². The molecule has 9 nitrogen and oxygen atoms in total. The summed E-state index contributed by atoms with van der Waals surface area (Å²) in [6.07, 6.45) is 0. The molecule has 2 N–H and O–H groups in total. The molecular formula is C21H18Cl2N4O5S. The maximum atomic E-state index is 13.1. The Morgan fingerprint density at radius 1 is 1.03 bits per heavy atom. The number of benzene rings is 3. The third kappa shape index (κ3) is 5.92. The first-order chi connectivity index (χ1) is 15.6. The van der Waals surface area contributed by atoms with E-state index >= 15 is 0 Å². The first-order valence-electron chi connectivity index (χ1n) is 9.32. The minimum Gasteiger partial charge on any atom is -0.497 e. The Morgan fingerprint density at radius 3 is 2.33 bits per heavy atom. The van der Waals surface area contributed by atoms with Crippen molar-refractivity contribution in [3.63, 3.8) is 0 Å². The molecule has 3 aromatic carbocycles. The van der Waals surface area contributed by atoms with Gasteiger partial charge in [0.2, 0.25) is 0 Å². The Balaban J connectivity index is 1.96. The zero-order valence-electron chi connectivity index (χ0n) is 17.4. The van der Waals surface area contributed by atoms with Gasteiger partial charge in [-0.3, -0.25) is 20.3 Å². The molecule has 3 aromatic rings. The highest BCUT2D eigenvalue weighted by Gasteiger charge is 2.23. The van der Waals surface area contributed by atoms with Crippen LogP contribution in [0, 0.1) is 10.1 Å². The number of hydrogen-bond donors (Lipinski definition) is 2. The fourth-order valence-corrected chi connectivity index (χ4v) is 4.27. The van der Waals surface area contributed by atoms with Crippen molar-refractivity contribution in [1.82, 2.24) is 0 Å². The van der Waals surface area contributed by atoms with Gasteiger partial charge in [-0.2, -0.15) is 5.10 Å². The predicted octanol–water partition coefficient (Wildman–Crippen LogP) is 5.55. The van der Waals surface area contributed by atoms with Crippen LogP contribution in [-0.2, 0) is 10.0 Å². The van der Waals surface area contributed by atoms with Crippen molar-refractivity contribution in [3.05, 3.63) is 86.4 Å². The summed E-state index contributed by atoms with van der Waals surface area (Å²) >= 11 is 12.0. The van der Waals surface area contributed by atoms with Gasteiger partial charge in [0.1, 0.15) is 10.6 Å².